The molecule has 0 spiro atoms. The van der Waals surface area contributed by atoms with Crippen LogP contribution in [0.4, 0.5) is 5.82 Å². The van der Waals surface area contributed by atoms with Crippen LogP contribution in [0.5, 0.6) is 0 Å². The molecule has 7 heteroatoms. The van der Waals surface area contributed by atoms with Crippen molar-refractivity contribution in [3.63, 3.8) is 0 Å². The van der Waals surface area contributed by atoms with Gasteiger partial charge in [0.25, 0.3) is 0 Å². The Bertz CT molecular complexity index is 628. The third-order valence-electron chi connectivity index (χ3n) is 5.47. The lowest BCUT2D eigenvalue weighted by Crippen LogP contribution is -2.49. The fourth-order valence-corrected chi connectivity index (χ4v) is 4.17. The van der Waals surface area contributed by atoms with Gasteiger partial charge in [0.1, 0.15) is 5.82 Å². The summed E-state index contributed by atoms with van der Waals surface area (Å²) in [5, 5.41) is 12.5. The van der Waals surface area contributed by atoms with Gasteiger partial charge in [-0.1, -0.05) is 6.07 Å². The monoisotopic (exact) mass is 327 g/mol. The molecule has 5 atom stereocenters. The van der Waals surface area contributed by atoms with Crippen LogP contribution < -0.4 is 26.8 Å². The van der Waals surface area contributed by atoms with Gasteiger partial charge >= 0.3 is 0 Å². The zero-order valence-electron chi connectivity index (χ0n) is 13.8. The number of aromatic nitrogens is 1. The lowest BCUT2D eigenvalue weighted by molar-refractivity contribution is 0.291. The second-order valence-corrected chi connectivity index (χ2v) is 7.13. The Balaban J connectivity index is 1.54. The molecule has 3 aliphatic heterocycles. The summed E-state index contributed by atoms with van der Waals surface area (Å²) in [6, 6.07) is 9.23. The first-order valence-electron chi connectivity index (χ1n) is 8.86. The topological polar surface area (TPSA) is 102 Å². The van der Waals surface area contributed by atoms with Gasteiger partial charge in [-0.2, -0.15) is 5.26 Å². The number of nitrogens with one attached hydrogen (secondary N) is 3. The molecule has 0 saturated carbocycles. The van der Waals surface area contributed by atoms with Gasteiger partial charge in [-0.05, 0) is 31.4 Å². The summed E-state index contributed by atoms with van der Waals surface area (Å²) in [7, 11) is 0. The van der Waals surface area contributed by atoms with Gasteiger partial charge in [-0.15, -0.1) is 0 Å². The molecule has 3 fully saturated rings. The minimum Gasteiger partial charge on any atom is -0.355 e. The summed E-state index contributed by atoms with van der Waals surface area (Å²) >= 11 is 0. The summed E-state index contributed by atoms with van der Waals surface area (Å²) in [5.41, 5.74) is 13.9. The third kappa shape index (κ3) is 2.98. The molecular weight excluding hydrogens is 302 g/mol. The lowest BCUT2D eigenvalue weighted by atomic mass is 9.83. The van der Waals surface area contributed by atoms with Gasteiger partial charge in [-0.25, -0.2) is 10.4 Å². The van der Waals surface area contributed by atoms with Crippen molar-refractivity contribution in [2.75, 3.05) is 24.5 Å². The zero-order chi connectivity index (χ0) is 16.5. The van der Waals surface area contributed by atoms with Gasteiger partial charge in [0.05, 0.1) is 23.8 Å². The van der Waals surface area contributed by atoms with Crippen molar-refractivity contribution >= 4 is 5.82 Å². The minimum absolute atomic E-state index is 0.0706. The fraction of sp³-hybridized carbons (Fsp3) is 0.647. The van der Waals surface area contributed by atoms with Gasteiger partial charge in [0, 0.05) is 37.6 Å². The largest absolute Gasteiger partial charge is 0.355 e. The third-order valence-corrected chi connectivity index (χ3v) is 5.47. The highest BCUT2D eigenvalue weighted by atomic mass is 15.4. The van der Waals surface area contributed by atoms with Crippen molar-refractivity contribution in [3.05, 3.63) is 23.9 Å². The highest BCUT2D eigenvalue weighted by molar-refractivity contribution is 5.41. The molecule has 3 aliphatic rings. The average Bonchev–Trinajstić information content (AvgIpc) is 3.05. The summed E-state index contributed by atoms with van der Waals surface area (Å²) < 4.78 is 0. The molecule has 0 aromatic carbocycles. The number of nitrogens with zero attached hydrogens (tertiary/aromatic N) is 3. The van der Waals surface area contributed by atoms with E-state index >= 15 is 0 Å². The van der Waals surface area contributed by atoms with Crippen LogP contribution in [0.15, 0.2) is 18.2 Å². The Hall–Kier alpha value is -1.72. The first kappa shape index (κ1) is 15.8. The predicted molar refractivity (Wildman–Crippen MR) is 92.0 cm³/mol. The molecule has 3 saturated heterocycles. The van der Waals surface area contributed by atoms with E-state index in [1.54, 1.807) is 0 Å². The van der Waals surface area contributed by atoms with Crippen LogP contribution in [-0.2, 0) is 0 Å². The second kappa shape index (κ2) is 6.65. The maximum absolute atomic E-state index is 9.22. The van der Waals surface area contributed by atoms with Crippen LogP contribution in [0.2, 0.25) is 0 Å². The molecule has 1 aromatic heterocycles. The van der Waals surface area contributed by atoms with E-state index in [0.29, 0.717) is 12.0 Å². The molecule has 4 rings (SSSR count). The van der Waals surface area contributed by atoms with E-state index in [4.69, 9.17) is 10.7 Å². The average molecular weight is 327 g/mol. The minimum atomic E-state index is -0.0706. The highest BCUT2D eigenvalue weighted by Gasteiger charge is 2.41. The molecule has 0 radical (unpaired) electrons. The number of rotatable bonds is 2. The van der Waals surface area contributed by atoms with E-state index in [0.717, 1.165) is 50.4 Å². The van der Waals surface area contributed by atoms with Crippen LogP contribution in [0.1, 0.15) is 31.0 Å². The Labute approximate surface area is 142 Å². The number of nitrogens with two attached hydrogens (primary N) is 1. The number of anilines is 1. The Morgan fingerprint density at radius 2 is 2.25 bits per heavy atom. The molecule has 0 amide bonds. The van der Waals surface area contributed by atoms with Crippen LogP contribution in [0.25, 0.3) is 0 Å². The number of hydrogen-bond donors (Lipinski definition) is 4. The quantitative estimate of drug-likeness (QED) is 0.608. The van der Waals surface area contributed by atoms with E-state index in [9.17, 15) is 5.26 Å². The SMILES string of the molecule is N#CC1CC2C(CN1)NNC2c1cccc(N2CCC[C@H](N)C2)n1. The Morgan fingerprint density at radius 3 is 3.08 bits per heavy atom. The molecule has 0 aliphatic carbocycles. The normalized spacial score (nSPS) is 36.2. The number of piperidine rings is 2. The van der Waals surface area contributed by atoms with Crippen LogP contribution >= 0.6 is 0 Å². The molecule has 7 nitrogen and oxygen atoms in total. The molecule has 4 unspecified atom stereocenters. The number of hydrogen-bond acceptors (Lipinski definition) is 7. The maximum atomic E-state index is 9.22. The first-order chi connectivity index (χ1) is 11.7. The number of hydrazine groups is 1. The van der Waals surface area contributed by atoms with Crippen LogP contribution in [0, 0.1) is 17.2 Å². The smallest absolute Gasteiger partial charge is 0.128 e. The van der Waals surface area contributed by atoms with E-state index in [1.807, 2.05) is 0 Å². The summed E-state index contributed by atoms with van der Waals surface area (Å²) in [5.74, 6) is 1.39. The summed E-state index contributed by atoms with van der Waals surface area (Å²) in [4.78, 5) is 7.21. The van der Waals surface area contributed by atoms with E-state index in [1.165, 1.54) is 0 Å². The molecule has 0 bridgehead atoms. The van der Waals surface area contributed by atoms with Crippen molar-refractivity contribution in [1.29, 1.82) is 5.26 Å². The van der Waals surface area contributed by atoms with Crippen molar-refractivity contribution in [2.45, 2.75) is 43.4 Å². The van der Waals surface area contributed by atoms with Crippen LogP contribution in [0.3, 0.4) is 0 Å². The van der Waals surface area contributed by atoms with E-state index < -0.39 is 0 Å². The van der Waals surface area contributed by atoms with Crippen molar-refractivity contribution in [1.82, 2.24) is 21.2 Å². The first-order valence-corrected chi connectivity index (χ1v) is 8.86. The predicted octanol–water partition coefficient (Wildman–Crippen LogP) is 0.0283. The number of fused-ring (bicyclic) bond motifs is 1. The molecule has 4 heterocycles. The fourth-order valence-electron chi connectivity index (χ4n) is 4.17. The van der Waals surface area contributed by atoms with Crippen molar-refractivity contribution in [3.8, 4) is 6.07 Å². The molecular formula is C17H25N7. The highest BCUT2D eigenvalue weighted by Crippen LogP contribution is 2.34. The maximum Gasteiger partial charge on any atom is 0.128 e. The van der Waals surface area contributed by atoms with E-state index in [2.05, 4.69) is 45.3 Å². The van der Waals surface area contributed by atoms with Crippen molar-refractivity contribution < 1.29 is 0 Å². The number of pyridine rings is 1. The van der Waals surface area contributed by atoms with Crippen molar-refractivity contribution in [2.24, 2.45) is 11.7 Å². The van der Waals surface area contributed by atoms with Gasteiger partial charge < -0.3 is 16.0 Å². The standard InChI is InChI=1S/C17H25N7/c18-8-12-7-13-15(9-20-12)22-23-17(13)14-4-1-5-16(21-14)24-6-2-3-11(19)10-24/h1,4-5,11-13,15,17,20,22-23H,2-3,6-7,9-10,19H2/t11-,12?,13?,15?,17?/m0/s1. The van der Waals surface area contributed by atoms with E-state index in [-0.39, 0.29) is 18.1 Å². The van der Waals surface area contributed by atoms with Crippen LogP contribution in [-0.4, -0.2) is 42.7 Å². The van der Waals surface area contributed by atoms with Gasteiger partial charge in [0.2, 0.25) is 0 Å². The second-order valence-electron chi connectivity index (χ2n) is 7.13. The molecule has 1 aromatic rings. The lowest BCUT2D eigenvalue weighted by Gasteiger charge is -2.33. The summed E-state index contributed by atoms with van der Waals surface area (Å²) in [6.45, 7) is 2.71. The Morgan fingerprint density at radius 1 is 1.33 bits per heavy atom. The van der Waals surface area contributed by atoms with Gasteiger partial charge in [0.15, 0.2) is 0 Å². The molecule has 24 heavy (non-hydrogen) atoms. The zero-order valence-corrected chi connectivity index (χ0v) is 13.8. The molecule has 128 valence electrons. The molecule has 5 N–H and O–H groups in total. The van der Waals surface area contributed by atoms with Gasteiger partial charge in [-0.3, -0.25) is 5.43 Å². The number of nitriles is 1. The Kier molecular flexibility index (Phi) is 4.37. The summed E-state index contributed by atoms with van der Waals surface area (Å²) in [6.07, 6.45) is 3.06.